The normalized spacial score (nSPS) is 31.0. The summed E-state index contributed by atoms with van der Waals surface area (Å²) in [7, 11) is -13.3. The van der Waals surface area contributed by atoms with Gasteiger partial charge in [0, 0.05) is 37.8 Å². The van der Waals surface area contributed by atoms with E-state index in [0.717, 1.165) is 0 Å². The van der Waals surface area contributed by atoms with Crippen molar-refractivity contribution >= 4 is 43.5 Å². The Hall–Kier alpha value is -2.14. The first-order valence-electron chi connectivity index (χ1n) is 11.0. The summed E-state index contributed by atoms with van der Waals surface area (Å²) in [5, 5.41) is -11.1. The van der Waals surface area contributed by atoms with Crippen molar-refractivity contribution in [1.29, 1.82) is 0 Å². The third kappa shape index (κ3) is 4.31. The molecule has 4 bridgehead atoms. The molecule has 36 heavy (non-hydrogen) atoms. The van der Waals surface area contributed by atoms with E-state index in [1.807, 2.05) is 0 Å². The molecular formula is C19H22F4N2O9S2. The second-order valence-electron chi connectivity index (χ2n) is 9.77. The Morgan fingerprint density at radius 3 is 1.92 bits per heavy atom. The lowest BCUT2D eigenvalue weighted by atomic mass is 9.53. The molecule has 2 atom stereocenters. The number of Topliss-reactive ketones (excluding diaryl/α,β-unsaturated/α-hetero) is 2. The Kier molecular flexibility index (Phi) is 6.31. The van der Waals surface area contributed by atoms with Crippen molar-refractivity contribution in [1.82, 2.24) is 9.03 Å². The van der Waals surface area contributed by atoms with Crippen molar-refractivity contribution in [3.8, 4) is 0 Å². The van der Waals surface area contributed by atoms with Crippen LogP contribution in [0.15, 0.2) is 0 Å². The van der Waals surface area contributed by atoms with Gasteiger partial charge < -0.3 is 9.64 Å². The van der Waals surface area contributed by atoms with Gasteiger partial charge >= 0.3 is 42.4 Å². The lowest BCUT2D eigenvalue weighted by Crippen LogP contribution is -2.60. The molecule has 5 aliphatic rings. The summed E-state index contributed by atoms with van der Waals surface area (Å²) in [5.41, 5.74) is -1.55. The van der Waals surface area contributed by atoms with E-state index in [9.17, 15) is 53.6 Å². The highest BCUT2D eigenvalue weighted by Gasteiger charge is 2.65. The van der Waals surface area contributed by atoms with Crippen molar-refractivity contribution in [2.45, 2.75) is 61.1 Å². The molecule has 0 spiro atoms. The van der Waals surface area contributed by atoms with Gasteiger partial charge in [-0.3, -0.25) is 14.4 Å². The summed E-state index contributed by atoms with van der Waals surface area (Å²) in [4.78, 5) is 48.0. The fraction of sp³-hybridized carbons (Fsp3) is 0.789. The highest BCUT2D eigenvalue weighted by atomic mass is 32.3. The van der Waals surface area contributed by atoms with E-state index in [-0.39, 0.29) is 58.6 Å². The van der Waals surface area contributed by atoms with Gasteiger partial charge in [0.1, 0.15) is 17.2 Å². The standard InChI is InChI=1S/C19H22F4N2O9S2/c20-18(21,15(28)25-3-1-13(26)2-4-25)35(30,31)24-36(32,33)19(22,23)16(29)34-17-7-10-5-11(8-17)14(27)12(6-10)9-17/h10-12,24H,1-9H2. The largest absolute Gasteiger partial charge is 0.455 e. The molecule has 5 rings (SSSR count). The van der Waals surface area contributed by atoms with E-state index in [1.54, 1.807) is 0 Å². The van der Waals surface area contributed by atoms with Gasteiger partial charge in [-0.05, 0) is 38.0 Å². The maximum absolute atomic E-state index is 14.6. The first-order chi connectivity index (χ1) is 16.4. The molecule has 0 radical (unpaired) electrons. The lowest BCUT2D eigenvalue weighted by molar-refractivity contribution is -0.201. The van der Waals surface area contributed by atoms with Gasteiger partial charge in [-0.15, -0.1) is 0 Å². The van der Waals surface area contributed by atoms with Crippen LogP contribution in [0.5, 0.6) is 0 Å². The molecule has 0 aromatic carbocycles. The fourth-order valence-electron chi connectivity index (χ4n) is 5.67. The quantitative estimate of drug-likeness (QED) is 0.340. The summed E-state index contributed by atoms with van der Waals surface area (Å²) in [5.74, 6) is -6.75. The number of esters is 1. The van der Waals surface area contributed by atoms with Crippen LogP contribution in [-0.4, -0.2) is 74.4 Å². The van der Waals surface area contributed by atoms with Crippen LogP contribution in [0.4, 0.5) is 17.6 Å². The zero-order chi connectivity index (χ0) is 26.9. The zero-order valence-electron chi connectivity index (χ0n) is 18.5. The van der Waals surface area contributed by atoms with E-state index < -0.39 is 73.0 Å². The molecule has 11 nitrogen and oxygen atoms in total. The third-order valence-corrected chi connectivity index (χ3v) is 10.7. The molecule has 4 saturated carbocycles. The Bertz CT molecular complexity index is 1210. The minimum atomic E-state index is -6.68. The number of halogens is 4. The van der Waals surface area contributed by atoms with E-state index in [4.69, 9.17) is 4.74 Å². The van der Waals surface area contributed by atoms with Gasteiger partial charge in [0.2, 0.25) is 0 Å². The van der Waals surface area contributed by atoms with Crippen molar-refractivity contribution in [2.75, 3.05) is 13.1 Å². The fourth-order valence-corrected chi connectivity index (χ4v) is 8.29. The number of ketones is 2. The number of hydrogen-bond donors (Lipinski definition) is 1. The van der Waals surface area contributed by atoms with Crippen LogP contribution in [-0.2, 0) is 44.0 Å². The number of likely N-dealkylation sites (tertiary alicyclic amines) is 1. The van der Waals surface area contributed by atoms with Crippen LogP contribution in [0.2, 0.25) is 0 Å². The predicted molar refractivity (Wildman–Crippen MR) is 109 cm³/mol. The molecule has 1 N–H and O–H groups in total. The number of carbonyl (C=O) groups is 4. The van der Waals surface area contributed by atoms with Gasteiger partial charge in [-0.2, -0.15) is 17.6 Å². The summed E-state index contributed by atoms with van der Waals surface area (Å²) in [6.45, 7) is -1.16. The molecular weight excluding hydrogens is 540 g/mol. The van der Waals surface area contributed by atoms with Gasteiger partial charge in [0.25, 0.3) is 0 Å². The summed E-state index contributed by atoms with van der Waals surface area (Å²) in [6.07, 6.45) is 0.163. The molecule has 0 aromatic heterocycles. The highest BCUT2D eigenvalue weighted by Crippen LogP contribution is 2.56. The van der Waals surface area contributed by atoms with Crippen LogP contribution in [0.1, 0.15) is 44.9 Å². The molecule has 5 fully saturated rings. The summed E-state index contributed by atoms with van der Waals surface area (Å²) < 4.78 is 112. The monoisotopic (exact) mass is 562 g/mol. The number of ether oxygens (including phenoxy) is 1. The average molecular weight is 563 g/mol. The van der Waals surface area contributed by atoms with Crippen LogP contribution < -0.4 is 4.13 Å². The zero-order valence-corrected chi connectivity index (χ0v) is 20.2. The molecule has 2 unspecified atom stereocenters. The molecule has 1 amide bonds. The van der Waals surface area contributed by atoms with Gasteiger partial charge in [0.15, 0.2) is 0 Å². The van der Waals surface area contributed by atoms with Crippen molar-refractivity contribution in [3.63, 3.8) is 0 Å². The Labute approximate surface area is 203 Å². The SMILES string of the molecule is O=C1CCN(C(=O)C(F)(F)S(=O)(=O)NS(=O)(=O)C(F)(F)C(=O)OC23CC4CC(C2)C(=O)C(C4)C3)CC1. The molecule has 1 saturated heterocycles. The molecule has 1 heterocycles. The number of alkyl halides is 4. The van der Waals surface area contributed by atoms with Crippen molar-refractivity contribution < 1.29 is 58.3 Å². The first-order valence-corrected chi connectivity index (χ1v) is 14.0. The lowest BCUT2D eigenvalue weighted by Gasteiger charge is -2.54. The maximum atomic E-state index is 14.6. The average Bonchev–Trinajstić information content (AvgIpc) is 2.75. The van der Waals surface area contributed by atoms with Gasteiger partial charge in [-0.1, -0.05) is 4.13 Å². The topological polar surface area (TPSA) is 161 Å². The van der Waals surface area contributed by atoms with Crippen LogP contribution in [0.3, 0.4) is 0 Å². The number of nitrogens with zero attached hydrogens (tertiary/aromatic N) is 1. The minimum absolute atomic E-state index is 0.0882. The van der Waals surface area contributed by atoms with Crippen molar-refractivity contribution in [3.05, 3.63) is 0 Å². The molecule has 202 valence electrons. The Morgan fingerprint density at radius 1 is 0.889 bits per heavy atom. The predicted octanol–water partition coefficient (Wildman–Crippen LogP) is 0.304. The van der Waals surface area contributed by atoms with E-state index >= 15 is 0 Å². The second kappa shape index (κ2) is 8.44. The van der Waals surface area contributed by atoms with Gasteiger partial charge in [-0.25, -0.2) is 21.6 Å². The highest BCUT2D eigenvalue weighted by molar-refractivity contribution is 8.06. The molecule has 0 aromatic rings. The van der Waals surface area contributed by atoms with Gasteiger partial charge in [0.05, 0.1) is 0 Å². The smallest absolute Gasteiger partial charge is 0.454 e. The molecule has 1 aliphatic heterocycles. The first kappa shape index (κ1) is 26.9. The maximum Gasteiger partial charge on any atom is 0.455 e. The Balaban J connectivity index is 1.50. The van der Waals surface area contributed by atoms with E-state index in [2.05, 4.69) is 0 Å². The summed E-state index contributed by atoms with van der Waals surface area (Å²) in [6, 6.07) is 0. The van der Waals surface area contributed by atoms with E-state index in [1.165, 1.54) is 0 Å². The second-order valence-corrected chi connectivity index (χ2v) is 13.5. The Morgan fingerprint density at radius 2 is 1.39 bits per heavy atom. The van der Waals surface area contributed by atoms with Crippen LogP contribution in [0, 0.1) is 17.8 Å². The molecule has 4 aliphatic carbocycles. The number of amides is 1. The van der Waals surface area contributed by atoms with Crippen molar-refractivity contribution in [2.24, 2.45) is 17.8 Å². The number of sulfonamides is 2. The number of rotatable bonds is 7. The molecule has 17 heteroatoms. The van der Waals surface area contributed by atoms with Crippen LogP contribution in [0.25, 0.3) is 0 Å². The number of piperidine rings is 1. The number of hydrogen-bond acceptors (Lipinski definition) is 9. The minimum Gasteiger partial charge on any atom is -0.454 e. The number of carbonyl (C=O) groups excluding carboxylic acids is 4. The van der Waals surface area contributed by atoms with E-state index in [0.29, 0.717) is 12.8 Å². The van der Waals surface area contributed by atoms with Crippen LogP contribution >= 0.6 is 0 Å². The number of nitrogens with one attached hydrogen (secondary N) is 1. The third-order valence-electron chi connectivity index (χ3n) is 7.24. The summed E-state index contributed by atoms with van der Waals surface area (Å²) >= 11 is 0.